The zero-order valence-corrected chi connectivity index (χ0v) is 18.9. The molecule has 3 rings (SSSR count). The number of benzene rings is 3. The second-order valence-electron chi connectivity index (χ2n) is 7.58. The lowest BCUT2D eigenvalue weighted by Gasteiger charge is -2.18. The number of halogens is 1. The summed E-state index contributed by atoms with van der Waals surface area (Å²) in [7, 11) is 0. The number of hydrogen-bond donors (Lipinski definition) is 1. The average molecular weight is 434 g/mol. The lowest BCUT2D eigenvalue weighted by atomic mass is 9.88. The maximum absolute atomic E-state index is 14.9. The minimum absolute atomic E-state index is 0.296. The van der Waals surface area contributed by atoms with Crippen molar-refractivity contribution in [1.82, 2.24) is 0 Å². The predicted octanol–water partition coefficient (Wildman–Crippen LogP) is 6.71. The van der Waals surface area contributed by atoms with Gasteiger partial charge in [0, 0.05) is 6.54 Å². The Bertz CT molecular complexity index is 1010. The van der Waals surface area contributed by atoms with E-state index in [1.54, 1.807) is 12.1 Å². The van der Waals surface area contributed by atoms with Crippen LogP contribution in [0.5, 0.6) is 11.5 Å². The third-order valence-electron chi connectivity index (χ3n) is 5.28. The molecule has 0 saturated heterocycles. The molecule has 0 unspecified atom stereocenters. The maximum Gasteiger partial charge on any atom is 0.165 e. The lowest BCUT2D eigenvalue weighted by molar-refractivity contribution is 0.294. The lowest BCUT2D eigenvalue weighted by Crippen LogP contribution is -2.10. The molecule has 0 amide bonds. The van der Waals surface area contributed by atoms with E-state index in [1.165, 1.54) is 0 Å². The molecule has 0 aliphatic carbocycles. The predicted molar refractivity (Wildman–Crippen MR) is 130 cm³/mol. The SMILES string of the molecule is CCCCOc1ccc(/C(=C(\CC)c2ccccc2)c2ccc(OCCN)cc2)cc1F. The van der Waals surface area contributed by atoms with Crippen LogP contribution in [0, 0.1) is 5.82 Å². The monoisotopic (exact) mass is 433 g/mol. The van der Waals surface area contributed by atoms with Gasteiger partial charge < -0.3 is 15.2 Å². The van der Waals surface area contributed by atoms with Gasteiger partial charge >= 0.3 is 0 Å². The zero-order valence-electron chi connectivity index (χ0n) is 18.9. The summed E-state index contributed by atoms with van der Waals surface area (Å²) in [5.41, 5.74) is 10.6. The summed E-state index contributed by atoms with van der Waals surface area (Å²) in [6.07, 6.45) is 2.72. The maximum atomic E-state index is 14.9. The molecule has 0 aliphatic heterocycles. The van der Waals surface area contributed by atoms with Crippen LogP contribution in [0.2, 0.25) is 0 Å². The molecule has 0 fully saturated rings. The van der Waals surface area contributed by atoms with Gasteiger partial charge in [0.1, 0.15) is 12.4 Å². The molecule has 0 saturated carbocycles. The first-order valence-corrected chi connectivity index (χ1v) is 11.3. The number of ether oxygens (including phenoxy) is 2. The Balaban J connectivity index is 2.07. The van der Waals surface area contributed by atoms with Gasteiger partial charge in [-0.05, 0) is 64.9 Å². The Morgan fingerprint density at radius 2 is 1.53 bits per heavy atom. The van der Waals surface area contributed by atoms with E-state index < -0.39 is 0 Å². The fraction of sp³-hybridized carbons (Fsp3) is 0.286. The Morgan fingerprint density at radius 1 is 0.812 bits per heavy atom. The molecular formula is C28H32FNO2. The Morgan fingerprint density at radius 3 is 2.16 bits per heavy atom. The average Bonchev–Trinajstić information content (AvgIpc) is 2.83. The van der Waals surface area contributed by atoms with Gasteiger partial charge in [-0.1, -0.05) is 68.8 Å². The third-order valence-corrected chi connectivity index (χ3v) is 5.28. The second kappa shape index (κ2) is 12.1. The van der Waals surface area contributed by atoms with Crippen LogP contribution in [0.3, 0.4) is 0 Å². The highest BCUT2D eigenvalue weighted by Crippen LogP contribution is 2.36. The number of rotatable bonds is 11. The van der Waals surface area contributed by atoms with Crippen LogP contribution in [-0.2, 0) is 0 Å². The topological polar surface area (TPSA) is 44.5 Å². The standard InChI is InChI=1S/C28H32FNO2/c1-3-5-18-32-27-16-13-23(20-26(27)29)28(25(4-2)21-9-7-6-8-10-21)22-11-14-24(15-12-22)31-19-17-30/h6-16,20H,3-5,17-19,30H2,1-2H3/b28-25+. The van der Waals surface area contributed by atoms with Crippen LogP contribution >= 0.6 is 0 Å². The van der Waals surface area contributed by atoms with E-state index in [0.29, 0.717) is 25.5 Å². The van der Waals surface area contributed by atoms with E-state index in [2.05, 4.69) is 26.0 Å². The van der Waals surface area contributed by atoms with Crippen molar-refractivity contribution in [3.05, 3.63) is 95.3 Å². The van der Waals surface area contributed by atoms with E-state index in [9.17, 15) is 4.39 Å². The molecular weight excluding hydrogens is 401 g/mol. The van der Waals surface area contributed by atoms with E-state index in [0.717, 1.165) is 52.8 Å². The smallest absolute Gasteiger partial charge is 0.165 e. The second-order valence-corrected chi connectivity index (χ2v) is 7.58. The van der Waals surface area contributed by atoms with Gasteiger partial charge in [0.05, 0.1) is 6.61 Å². The van der Waals surface area contributed by atoms with Crippen molar-refractivity contribution in [3.8, 4) is 11.5 Å². The molecule has 0 bridgehead atoms. The van der Waals surface area contributed by atoms with Gasteiger partial charge in [-0.3, -0.25) is 0 Å². The first-order valence-electron chi connectivity index (χ1n) is 11.3. The van der Waals surface area contributed by atoms with Crippen LogP contribution in [0.15, 0.2) is 72.8 Å². The van der Waals surface area contributed by atoms with Gasteiger partial charge in [-0.25, -0.2) is 4.39 Å². The number of unbranched alkanes of at least 4 members (excludes halogenated alkanes) is 1. The highest BCUT2D eigenvalue weighted by atomic mass is 19.1. The molecule has 0 aliphatic rings. The largest absolute Gasteiger partial charge is 0.492 e. The van der Waals surface area contributed by atoms with Crippen molar-refractivity contribution in [1.29, 1.82) is 0 Å². The summed E-state index contributed by atoms with van der Waals surface area (Å²) in [4.78, 5) is 0. The Kier molecular flexibility index (Phi) is 8.88. The van der Waals surface area contributed by atoms with Crippen LogP contribution in [0.1, 0.15) is 49.8 Å². The fourth-order valence-electron chi connectivity index (χ4n) is 3.67. The molecule has 3 aromatic rings. The quantitative estimate of drug-likeness (QED) is 0.270. The van der Waals surface area contributed by atoms with Crippen molar-refractivity contribution in [2.75, 3.05) is 19.8 Å². The van der Waals surface area contributed by atoms with E-state index in [4.69, 9.17) is 15.2 Å². The summed E-state index contributed by atoms with van der Waals surface area (Å²) in [6.45, 7) is 5.66. The highest BCUT2D eigenvalue weighted by molar-refractivity contribution is 5.98. The van der Waals surface area contributed by atoms with E-state index in [1.807, 2.05) is 48.5 Å². The molecule has 168 valence electrons. The molecule has 0 radical (unpaired) electrons. The Hall–Kier alpha value is -3.11. The minimum atomic E-state index is -0.345. The van der Waals surface area contributed by atoms with Crippen LogP contribution < -0.4 is 15.2 Å². The molecule has 32 heavy (non-hydrogen) atoms. The summed E-state index contributed by atoms with van der Waals surface area (Å²) in [5, 5.41) is 0. The molecule has 0 heterocycles. The van der Waals surface area contributed by atoms with Crippen molar-refractivity contribution in [2.24, 2.45) is 5.73 Å². The van der Waals surface area contributed by atoms with Crippen molar-refractivity contribution >= 4 is 11.1 Å². The molecule has 0 aromatic heterocycles. The van der Waals surface area contributed by atoms with Crippen LogP contribution in [-0.4, -0.2) is 19.8 Å². The Labute approximate surface area is 190 Å². The summed E-state index contributed by atoms with van der Waals surface area (Å²) in [6, 6.07) is 23.4. The molecule has 2 N–H and O–H groups in total. The minimum Gasteiger partial charge on any atom is -0.492 e. The zero-order chi connectivity index (χ0) is 22.8. The summed E-state index contributed by atoms with van der Waals surface area (Å²) >= 11 is 0. The number of allylic oxidation sites excluding steroid dienone is 1. The van der Waals surface area contributed by atoms with Gasteiger partial charge in [-0.2, -0.15) is 0 Å². The van der Waals surface area contributed by atoms with Gasteiger partial charge in [0.2, 0.25) is 0 Å². The van der Waals surface area contributed by atoms with Gasteiger partial charge in [0.25, 0.3) is 0 Å². The van der Waals surface area contributed by atoms with Crippen LogP contribution in [0.4, 0.5) is 4.39 Å². The van der Waals surface area contributed by atoms with E-state index in [-0.39, 0.29) is 5.82 Å². The fourth-order valence-corrected chi connectivity index (χ4v) is 3.67. The van der Waals surface area contributed by atoms with Gasteiger partial charge in [-0.15, -0.1) is 0 Å². The normalized spacial score (nSPS) is 11.8. The first kappa shape index (κ1) is 23.6. The van der Waals surface area contributed by atoms with Crippen molar-refractivity contribution in [2.45, 2.75) is 33.1 Å². The van der Waals surface area contributed by atoms with Crippen molar-refractivity contribution in [3.63, 3.8) is 0 Å². The summed E-state index contributed by atoms with van der Waals surface area (Å²) in [5.74, 6) is 0.717. The summed E-state index contributed by atoms with van der Waals surface area (Å²) < 4.78 is 26.2. The molecule has 0 spiro atoms. The van der Waals surface area contributed by atoms with Crippen LogP contribution in [0.25, 0.3) is 11.1 Å². The molecule has 0 atom stereocenters. The third kappa shape index (κ3) is 5.98. The molecule has 3 nitrogen and oxygen atoms in total. The number of hydrogen-bond acceptors (Lipinski definition) is 3. The highest BCUT2D eigenvalue weighted by Gasteiger charge is 2.15. The number of nitrogens with two attached hydrogens (primary N) is 1. The van der Waals surface area contributed by atoms with E-state index >= 15 is 0 Å². The molecule has 4 heteroatoms. The first-order chi connectivity index (χ1) is 15.7. The van der Waals surface area contributed by atoms with Crippen molar-refractivity contribution < 1.29 is 13.9 Å². The van der Waals surface area contributed by atoms with Gasteiger partial charge in [0.15, 0.2) is 11.6 Å². The molecule has 3 aromatic carbocycles.